The number of benzene rings is 1. The summed E-state index contributed by atoms with van der Waals surface area (Å²) < 4.78 is 16.2. The molecule has 0 radical (unpaired) electrons. The molecular weight excluding hydrogens is 394 g/mol. The molecule has 2 N–H and O–H groups in total. The van der Waals surface area contributed by atoms with Crippen LogP contribution in [0.1, 0.15) is 40.6 Å². The van der Waals surface area contributed by atoms with Gasteiger partial charge in [0.1, 0.15) is 5.69 Å². The molecule has 9 heteroatoms. The van der Waals surface area contributed by atoms with E-state index in [9.17, 15) is 9.59 Å². The quantitative estimate of drug-likeness (QED) is 0.430. The van der Waals surface area contributed by atoms with Crippen molar-refractivity contribution in [2.24, 2.45) is 0 Å². The van der Waals surface area contributed by atoms with Crippen LogP contribution in [0.3, 0.4) is 0 Å². The number of nitrogens with one attached hydrogen (secondary N) is 2. The molecular formula is C20H21N3O5S. The molecule has 0 aliphatic heterocycles. The number of rotatable bonds is 8. The molecule has 3 rings (SSSR count). The van der Waals surface area contributed by atoms with E-state index < -0.39 is 11.8 Å². The van der Waals surface area contributed by atoms with Gasteiger partial charge in [0.15, 0.2) is 22.3 Å². The van der Waals surface area contributed by atoms with E-state index in [1.54, 1.807) is 35.7 Å². The Hall–Kier alpha value is -3.33. The fourth-order valence-electron chi connectivity index (χ4n) is 2.40. The molecule has 0 unspecified atom stereocenters. The number of thiazole rings is 1. The monoisotopic (exact) mass is 415 g/mol. The normalized spacial score (nSPS) is 10.4. The van der Waals surface area contributed by atoms with Crippen LogP contribution in [-0.4, -0.2) is 30.5 Å². The molecule has 2 aromatic heterocycles. The molecule has 8 nitrogen and oxygen atoms in total. The van der Waals surface area contributed by atoms with Crippen LogP contribution in [0.5, 0.6) is 11.5 Å². The number of amides is 2. The van der Waals surface area contributed by atoms with Gasteiger partial charge in [0.2, 0.25) is 0 Å². The van der Waals surface area contributed by atoms with E-state index in [1.165, 1.54) is 24.7 Å². The first-order valence-corrected chi connectivity index (χ1v) is 9.91. The van der Waals surface area contributed by atoms with Crippen LogP contribution in [0.4, 0.5) is 0 Å². The Morgan fingerprint density at radius 2 is 2.00 bits per heavy atom. The van der Waals surface area contributed by atoms with Crippen molar-refractivity contribution in [1.82, 2.24) is 15.8 Å². The number of carbonyl (C=O) groups is 2. The zero-order chi connectivity index (χ0) is 20.6. The molecule has 0 aliphatic carbocycles. The molecule has 0 aliphatic rings. The molecule has 3 aromatic rings. The summed E-state index contributed by atoms with van der Waals surface area (Å²) in [7, 11) is 1.50. The average molecular weight is 415 g/mol. The summed E-state index contributed by atoms with van der Waals surface area (Å²) in [5, 5.41) is 2.17. The molecule has 29 heavy (non-hydrogen) atoms. The zero-order valence-corrected chi connectivity index (χ0v) is 16.9. The highest BCUT2D eigenvalue weighted by molar-refractivity contribution is 7.13. The zero-order valence-electron chi connectivity index (χ0n) is 16.1. The van der Waals surface area contributed by atoms with Crippen molar-refractivity contribution in [2.45, 2.75) is 19.8 Å². The summed E-state index contributed by atoms with van der Waals surface area (Å²) in [6.45, 7) is 2.65. The Kier molecular flexibility index (Phi) is 6.85. The van der Waals surface area contributed by atoms with Gasteiger partial charge in [-0.2, -0.15) is 0 Å². The Bertz CT molecular complexity index is 968. The highest BCUT2D eigenvalue weighted by Crippen LogP contribution is 2.28. The van der Waals surface area contributed by atoms with Crippen molar-refractivity contribution >= 4 is 23.2 Å². The van der Waals surface area contributed by atoms with Gasteiger partial charge in [-0.15, -0.1) is 11.3 Å². The SMILES string of the molecule is CCCCOc1ccc(C(=O)NNC(=O)c2csc(-c3ccco3)n2)cc1OC. The van der Waals surface area contributed by atoms with E-state index in [0.717, 1.165) is 12.8 Å². The second-order valence-electron chi connectivity index (χ2n) is 5.99. The Labute approximate surface area is 171 Å². The van der Waals surface area contributed by atoms with E-state index in [2.05, 4.69) is 22.8 Å². The number of unbranched alkanes of at least 4 members (excludes halogenated alkanes) is 1. The molecule has 0 atom stereocenters. The molecule has 0 saturated carbocycles. The van der Waals surface area contributed by atoms with Gasteiger partial charge in [0.05, 0.1) is 20.0 Å². The lowest BCUT2D eigenvalue weighted by Gasteiger charge is -2.12. The van der Waals surface area contributed by atoms with Crippen LogP contribution in [0.15, 0.2) is 46.4 Å². The van der Waals surface area contributed by atoms with Crippen LogP contribution < -0.4 is 20.3 Å². The predicted octanol–water partition coefficient (Wildman–Crippen LogP) is 3.67. The van der Waals surface area contributed by atoms with Gasteiger partial charge in [0, 0.05) is 10.9 Å². The van der Waals surface area contributed by atoms with Crippen LogP contribution in [0.25, 0.3) is 10.8 Å². The third-order valence-corrected chi connectivity index (χ3v) is 4.80. The van der Waals surface area contributed by atoms with Crippen LogP contribution in [0, 0.1) is 0 Å². The summed E-state index contributed by atoms with van der Waals surface area (Å²) in [5.41, 5.74) is 5.22. The van der Waals surface area contributed by atoms with E-state index in [-0.39, 0.29) is 5.69 Å². The Morgan fingerprint density at radius 1 is 1.17 bits per heavy atom. The Morgan fingerprint density at radius 3 is 2.72 bits per heavy atom. The highest BCUT2D eigenvalue weighted by atomic mass is 32.1. The first-order valence-electron chi connectivity index (χ1n) is 9.03. The largest absolute Gasteiger partial charge is 0.493 e. The lowest BCUT2D eigenvalue weighted by molar-refractivity contribution is 0.0844. The van der Waals surface area contributed by atoms with Gasteiger partial charge in [-0.25, -0.2) is 4.98 Å². The van der Waals surface area contributed by atoms with Gasteiger partial charge in [-0.1, -0.05) is 13.3 Å². The molecule has 152 valence electrons. The van der Waals surface area contributed by atoms with Gasteiger partial charge < -0.3 is 13.9 Å². The van der Waals surface area contributed by atoms with Gasteiger partial charge in [0.25, 0.3) is 11.8 Å². The minimum absolute atomic E-state index is 0.180. The van der Waals surface area contributed by atoms with Crippen molar-refractivity contribution in [3.05, 3.63) is 53.2 Å². The number of hydrogen-bond donors (Lipinski definition) is 2. The maximum Gasteiger partial charge on any atom is 0.289 e. The topological polar surface area (TPSA) is 103 Å². The molecule has 1 aromatic carbocycles. The summed E-state index contributed by atoms with van der Waals surface area (Å²) in [4.78, 5) is 28.8. The van der Waals surface area contributed by atoms with E-state index in [1.807, 2.05) is 0 Å². The number of ether oxygens (including phenoxy) is 2. The lowest BCUT2D eigenvalue weighted by atomic mass is 10.2. The van der Waals surface area contributed by atoms with E-state index >= 15 is 0 Å². The summed E-state index contributed by atoms with van der Waals surface area (Å²) >= 11 is 1.27. The standard InChI is InChI=1S/C20H21N3O5S/c1-3-4-9-27-15-8-7-13(11-17(15)26-2)18(24)22-23-19(25)14-12-29-20(21-14)16-6-5-10-28-16/h5-8,10-12H,3-4,9H2,1-2H3,(H,22,24)(H,23,25). The summed E-state index contributed by atoms with van der Waals surface area (Å²) in [6, 6.07) is 8.32. The molecule has 0 bridgehead atoms. The number of methoxy groups -OCH3 is 1. The van der Waals surface area contributed by atoms with Crippen molar-refractivity contribution in [3.63, 3.8) is 0 Å². The van der Waals surface area contributed by atoms with Gasteiger partial charge in [-0.05, 0) is 36.8 Å². The number of furan rings is 1. The van der Waals surface area contributed by atoms with Crippen LogP contribution >= 0.6 is 11.3 Å². The first-order chi connectivity index (χ1) is 14.1. The molecule has 0 spiro atoms. The maximum absolute atomic E-state index is 12.4. The van der Waals surface area contributed by atoms with Gasteiger partial charge >= 0.3 is 0 Å². The van der Waals surface area contributed by atoms with Crippen molar-refractivity contribution in [1.29, 1.82) is 0 Å². The first kappa shape index (κ1) is 20.4. The van der Waals surface area contributed by atoms with Gasteiger partial charge in [-0.3, -0.25) is 20.4 Å². The van der Waals surface area contributed by atoms with Crippen LogP contribution in [0.2, 0.25) is 0 Å². The predicted molar refractivity (Wildman–Crippen MR) is 108 cm³/mol. The number of carbonyl (C=O) groups excluding carboxylic acids is 2. The number of nitrogens with zero attached hydrogens (tertiary/aromatic N) is 1. The number of hydrazine groups is 1. The number of aromatic nitrogens is 1. The summed E-state index contributed by atoms with van der Waals surface area (Å²) in [5.74, 6) is 0.570. The van der Waals surface area contributed by atoms with Crippen molar-refractivity contribution < 1.29 is 23.5 Å². The maximum atomic E-state index is 12.4. The molecule has 2 amide bonds. The van der Waals surface area contributed by atoms with Crippen molar-refractivity contribution in [2.75, 3.05) is 13.7 Å². The lowest BCUT2D eigenvalue weighted by Crippen LogP contribution is -2.41. The molecule has 0 fully saturated rings. The minimum Gasteiger partial charge on any atom is -0.493 e. The summed E-state index contributed by atoms with van der Waals surface area (Å²) in [6.07, 6.45) is 3.48. The average Bonchev–Trinajstić information content (AvgIpc) is 3.43. The number of hydrogen-bond acceptors (Lipinski definition) is 7. The third kappa shape index (κ3) is 5.14. The Balaban J connectivity index is 1.59. The smallest absolute Gasteiger partial charge is 0.289 e. The minimum atomic E-state index is -0.529. The fourth-order valence-corrected chi connectivity index (χ4v) is 3.16. The van der Waals surface area contributed by atoms with Crippen LogP contribution in [-0.2, 0) is 0 Å². The fraction of sp³-hybridized carbons (Fsp3) is 0.250. The molecule has 2 heterocycles. The highest BCUT2D eigenvalue weighted by Gasteiger charge is 2.15. The molecule has 0 saturated heterocycles. The second-order valence-corrected chi connectivity index (χ2v) is 6.85. The van der Waals surface area contributed by atoms with Crippen molar-refractivity contribution in [3.8, 4) is 22.3 Å². The van der Waals surface area contributed by atoms with E-state index in [4.69, 9.17) is 13.9 Å². The second kappa shape index (κ2) is 9.74. The van der Waals surface area contributed by atoms with E-state index in [0.29, 0.717) is 34.4 Å². The third-order valence-electron chi connectivity index (χ3n) is 3.94.